The predicted octanol–water partition coefficient (Wildman–Crippen LogP) is 7.05. The molecule has 0 atom stereocenters. The zero-order valence-corrected chi connectivity index (χ0v) is 18.1. The molecule has 0 saturated heterocycles. The van der Waals surface area contributed by atoms with E-state index >= 15 is 0 Å². The Labute approximate surface area is 194 Å². The number of fused-ring (bicyclic) bond motifs is 4. The van der Waals surface area contributed by atoms with Gasteiger partial charge in [0.2, 0.25) is 0 Å². The van der Waals surface area contributed by atoms with E-state index in [-0.39, 0.29) is 0 Å². The molecule has 0 unspecified atom stereocenters. The van der Waals surface area contributed by atoms with Gasteiger partial charge in [-0.3, -0.25) is 4.57 Å². The number of nitrogens with zero attached hydrogens (tertiary/aromatic N) is 4. The molecule has 0 aliphatic carbocycles. The van der Waals surface area contributed by atoms with Gasteiger partial charge in [0.1, 0.15) is 16.7 Å². The van der Waals surface area contributed by atoms with Crippen molar-refractivity contribution >= 4 is 33.1 Å². The highest BCUT2D eigenvalue weighted by Crippen LogP contribution is 2.38. The maximum Gasteiger partial charge on any atom is 0.187 e. The first-order valence-corrected chi connectivity index (χ1v) is 11.1. The molecule has 0 aliphatic rings. The molecule has 0 saturated carbocycles. The largest absolute Gasteiger partial charge is 0.455 e. The monoisotopic (exact) mass is 438 g/mol. The van der Waals surface area contributed by atoms with Gasteiger partial charge in [0.05, 0.1) is 11.8 Å². The van der Waals surface area contributed by atoms with Gasteiger partial charge >= 0.3 is 0 Å². The lowest BCUT2D eigenvalue weighted by Gasteiger charge is -2.08. The van der Waals surface area contributed by atoms with Crippen LogP contribution >= 0.6 is 0 Å². The van der Waals surface area contributed by atoms with Crippen LogP contribution in [0.4, 0.5) is 0 Å². The highest BCUT2D eigenvalue weighted by atomic mass is 16.3. The first kappa shape index (κ1) is 18.8. The third-order valence-electron chi connectivity index (χ3n) is 6.19. The lowest BCUT2D eigenvalue weighted by molar-refractivity contribution is 0.669. The summed E-state index contributed by atoms with van der Waals surface area (Å²) >= 11 is 0. The van der Waals surface area contributed by atoms with Gasteiger partial charge in [0, 0.05) is 16.5 Å². The highest BCUT2D eigenvalue weighted by molar-refractivity contribution is 6.10. The quantitative estimate of drug-likeness (QED) is 0.297. The van der Waals surface area contributed by atoms with Gasteiger partial charge in [0.15, 0.2) is 11.5 Å². The van der Waals surface area contributed by atoms with Gasteiger partial charge in [-0.25, -0.2) is 4.98 Å². The Hall–Kier alpha value is -4.77. The van der Waals surface area contributed by atoms with Crippen LogP contribution in [0.25, 0.3) is 61.3 Å². The van der Waals surface area contributed by atoms with E-state index in [2.05, 4.69) is 58.7 Å². The summed E-state index contributed by atoms with van der Waals surface area (Å²) in [4.78, 5) is 4.95. The van der Waals surface area contributed by atoms with Crippen LogP contribution in [0.2, 0.25) is 0 Å². The summed E-state index contributed by atoms with van der Waals surface area (Å²) in [6, 6.07) is 34.9. The van der Waals surface area contributed by atoms with Crippen molar-refractivity contribution in [1.82, 2.24) is 19.7 Å². The van der Waals surface area contributed by atoms with Crippen LogP contribution in [0, 0.1) is 0 Å². The number of rotatable bonds is 3. The summed E-state index contributed by atoms with van der Waals surface area (Å²) in [7, 11) is 0. The number of aromatic nitrogens is 4. The van der Waals surface area contributed by atoms with Crippen molar-refractivity contribution in [1.29, 1.82) is 0 Å². The van der Waals surface area contributed by atoms with Gasteiger partial charge in [-0.1, -0.05) is 66.7 Å². The molecule has 4 aromatic carbocycles. The van der Waals surface area contributed by atoms with Crippen molar-refractivity contribution in [2.45, 2.75) is 0 Å². The third kappa shape index (κ3) is 2.84. The van der Waals surface area contributed by atoms with E-state index in [1.807, 2.05) is 59.2 Å². The van der Waals surface area contributed by atoms with E-state index in [0.29, 0.717) is 5.65 Å². The van der Waals surface area contributed by atoms with Gasteiger partial charge in [-0.2, -0.15) is 5.10 Å². The summed E-state index contributed by atoms with van der Waals surface area (Å²) in [6.45, 7) is 0. The van der Waals surface area contributed by atoms with Crippen LogP contribution in [-0.4, -0.2) is 19.7 Å². The molecule has 0 spiro atoms. The van der Waals surface area contributed by atoms with Crippen molar-refractivity contribution in [3.8, 4) is 28.2 Å². The molecule has 7 rings (SSSR count). The molecule has 3 heterocycles. The average molecular weight is 438 g/mol. The number of furan rings is 1. The number of imidazole rings is 1. The van der Waals surface area contributed by atoms with Crippen LogP contribution in [-0.2, 0) is 0 Å². The van der Waals surface area contributed by atoms with E-state index in [1.165, 1.54) is 0 Å². The fourth-order valence-corrected chi connectivity index (χ4v) is 4.62. The average Bonchev–Trinajstić information content (AvgIpc) is 3.48. The van der Waals surface area contributed by atoms with E-state index in [4.69, 9.17) is 9.40 Å². The Kier molecular flexibility index (Phi) is 4.08. The predicted molar refractivity (Wildman–Crippen MR) is 135 cm³/mol. The van der Waals surface area contributed by atoms with E-state index < -0.39 is 0 Å². The smallest absolute Gasteiger partial charge is 0.187 e. The van der Waals surface area contributed by atoms with Gasteiger partial charge in [0.25, 0.3) is 0 Å². The number of para-hydroxylation sites is 2. The molecule has 5 heteroatoms. The number of hydrogen-bond acceptors (Lipinski definition) is 4. The van der Waals surface area contributed by atoms with Crippen molar-refractivity contribution in [2.75, 3.05) is 0 Å². The topological polar surface area (TPSA) is 56.7 Å². The maximum atomic E-state index is 6.50. The van der Waals surface area contributed by atoms with E-state index in [1.54, 1.807) is 6.20 Å². The van der Waals surface area contributed by atoms with Crippen LogP contribution in [0.1, 0.15) is 0 Å². The first-order chi connectivity index (χ1) is 16.9. The molecule has 0 amide bonds. The minimum atomic E-state index is 0.711. The fraction of sp³-hybridized carbons (Fsp3) is 0. The Morgan fingerprint density at radius 1 is 0.676 bits per heavy atom. The summed E-state index contributed by atoms with van der Waals surface area (Å²) < 4.78 is 8.54. The molecule has 0 aliphatic heterocycles. The summed E-state index contributed by atoms with van der Waals surface area (Å²) in [5.74, 6) is 0.773. The van der Waals surface area contributed by atoms with Gasteiger partial charge < -0.3 is 4.42 Å². The molecule has 7 aromatic rings. The fourth-order valence-electron chi connectivity index (χ4n) is 4.62. The van der Waals surface area contributed by atoms with Crippen LogP contribution in [0.15, 0.2) is 114 Å². The van der Waals surface area contributed by atoms with Crippen molar-refractivity contribution in [2.24, 2.45) is 0 Å². The number of benzene rings is 4. The van der Waals surface area contributed by atoms with Crippen molar-refractivity contribution in [3.05, 3.63) is 109 Å². The minimum absolute atomic E-state index is 0.711. The summed E-state index contributed by atoms with van der Waals surface area (Å²) in [5.41, 5.74) is 7.33. The Bertz CT molecular complexity index is 1800. The molecule has 0 N–H and O–H groups in total. The molecule has 0 bridgehead atoms. The van der Waals surface area contributed by atoms with Crippen molar-refractivity contribution < 1.29 is 4.42 Å². The third-order valence-corrected chi connectivity index (χ3v) is 6.19. The Balaban J connectivity index is 1.50. The second-order valence-electron chi connectivity index (χ2n) is 8.21. The van der Waals surface area contributed by atoms with Gasteiger partial charge in [-0.05, 0) is 47.5 Å². The SMILES string of the molecule is c1ccc(-c2ccc3c(c2)oc2c(-c4nc5ccnnc5n4-c4ccccc4)cccc23)cc1. The Morgan fingerprint density at radius 3 is 2.35 bits per heavy atom. The van der Waals surface area contributed by atoms with E-state index in [0.717, 1.165) is 55.7 Å². The Morgan fingerprint density at radius 2 is 1.50 bits per heavy atom. The lowest BCUT2D eigenvalue weighted by Crippen LogP contribution is -1.99. The highest BCUT2D eigenvalue weighted by Gasteiger charge is 2.20. The molecule has 160 valence electrons. The zero-order chi connectivity index (χ0) is 22.5. The normalized spacial score (nSPS) is 11.5. The van der Waals surface area contributed by atoms with Gasteiger partial charge in [-0.15, -0.1) is 5.10 Å². The molecule has 5 nitrogen and oxygen atoms in total. The zero-order valence-electron chi connectivity index (χ0n) is 18.1. The lowest BCUT2D eigenvalue weighted by atomic mass is 10.0. The molecule has 34 heavy (non-hydrogen) atoms. The van der Waals surface area contributed by atoms with Crippen molar-refractivity contribution in [3.63, 3.8) is 0 Å². The van der Waals surface area contributed by atoms with Crippen LogP contribution < -0.4 is 0 Å². The standard InChI is InChI=1S/C29H18N4O/c1-3-8-19(9-4-1)20-14-15-22-23-12-7-13-24(27(23)34-26(22)18-20)28-31-25-16-17-30-32-29(25)33(28)21-10-5-2-6-11-21/h1-18H. The summed E-state index contributed by atoms with van der Waals surface area (Å²) in [6.07, 6.45) is 1.67. The maximum absolute atomic E-state index is 6.50. The first-order valence-electron chi connectivity index (χ1n) is 11.1. The summed E-state index contributed by atoms with van der Waals surface area (Å²) in [5, 5.41) is 10.6. The molecular formula is C29H18N4O. The van der Waals surface area contributed by atoms with Crippen LogP contribution in [0.5, 0.6) is 0 Å². The minimum Gasteiger partial charge on any atom is -0.455 e. The number of hydrogen-bond donors (Lipinski definition) is 0. The second kappa shape index (κ2) is 7.39. The molecule has 0 fully saturated rings. The van der Waals surface area contributed by atoms with Crippen LogP contribution in [0.3, 0.4) is 0 Å². The molecular weight excluding hydrogens is 420 g/mol. The molecule has 0 radical (unpaired) electrons. The second-order valence-corrected chi connectivity index (χ2v) is 8.21. The van der Waals surface area contributed by atoms with E-state index in [9.17, 15) is 0 Å². The molecule has 3 aromatic heterocycles.